The first kappa shape index (κ1) is 16.2. The van der Waals surface area contributed by atoms with Gasteiger partial charge in [0.15, 0.2) is 11.5 Å². The first-order valence-electron chi connectivity index (χ1n) is 6.60. The zero-order chi connectivity index (χ0) is 15.6. The molecule has 2 aromatic carbocycles. The van der Waals surface area contributed by atoms with Gasteiger partial charge in [0, 0.05) is 5.02 Å². The molecule has 2 rings (SSSR count). The summed E-state index contributed by atoms with van der Waals surface area (Å²) in [5.41, 5.74) is 4.61. The third-order valence-corrected chi connectivity index (χ3v) is 4.78. The smallest absolute Gasteiger partial charge is 0.161 e. The zero-order valence-corrected chi connectivity index (χ0v) is 14.9. The molecule has 112 valence electrons. The second-order valence-corrected chi connectivity index (χ2v) is 6.28. The number of methoxy groups -OCH3 is 2. The van der Waals surface area contributed by atoms with E-state index in [1.165, 1.54) is 5.56 Å². The fourth-order valence-corrected chi connectivity index (χ4v) is 3.49. The van der Waals surface area contributed by atoms with Gasteiger partial charge in [-0.2, -0.15) is 0 Å². The van der Waals surface area contributed by atoms with Crippen molar-refractivity contribution in [3.8, 4) is 11.5 Å². The average molecular weight is 370 g/mol. The summed E-state index contributed by atoms with van der Waals surface area (Å²) in [5.74, 6) is 1.46. The molecular weight excluding hydrogens is 352 g/mol. The van der Waals surface area contributed by atoms with Crippen LogP contribution < -0.4 is 9.47 Å². The molecule has 4 heteroatoms. The van der Waals surface area contributed by atoms with Crippen LogP contribution in [0.2, 0.25) is 5.02 Å². The lowest BCUT2D eigenvalue weighted by Crippen LogP contribution is -2.01. The van der Waals surface area contributed by atoms with Crippen molar-refractivity contribution in [1.82, 2.24) is 0 Å². The lowest BCUT2D eigenvalue weighted by atomic mass is 9.97. The highest BCUT2D eigenvalue weighted by Gasteiger charge is 2.18. The number of alkyl halides is 1. The zero-order valence-electron chi connectivity index (χ0n) is 12.5. The van der Waals surface area contributed by atoms with E-state index >= 15 is 0 Å². The Kier molecular flexibility index (Phi) is 5.17. The molecule has 0 fully saturated rings. The van der Waals surface area contributed by atoms with Gasteiger partial charge in [-0.25, -0.2) is 0 Å². The summed E-state index contributed by atoms with van der Waals surface area (Å²) in [4.78, 5) is 0.0519. The van der Waals surface area contributed by atoms with E-state index in [0.29, 0.717) is 0 Å². The minimum absolute atomic E-state index is 0.0519. The largest absolute Gasteiger partial charge is 0.493 e. The number of hydrogen-bond donors (Lipinski definition) is 0. The van der Waals surface area contributed by atoms with Crippen molar-refractivity contribution in [3.05, 3.63) is 57.6 Å². The fraction of sp³-hybridized carbons (Fsp3) is 0.294. The topological polar surface area (TPSA) is 18.5 Å². The van der Waals surface area contributed by atoms with Crippen LogP contribution in [0.25, 0.3) is 0 Å². The summed E-state index contributed by atoms with van der Waals surface area (Å²) in [7, 11) is 3.29. The Hall–Kier alpha value is -1.19. The maximum Gasteiger partial charge on any atom is 0.161 e. The van der Waals surface area contributed by atoms with Gasteiger partial charge in [0.1, 0.15) is 0 Å². The Morgan fingerprint density at radius 3 is 2.10 bits per heavy atom. The number of halogens is 2. The Morgan fingerprint density at radius 2 is 1.48 bits per heavy atom. The first-order valence-corrected chi connectivity index (χ1v) is 7.90. The van der Waals surface area contributed by atoms with E-state index in [-0.39, 0.29) is 4.83 Å². The van der Waals surface area contributed by atoms with E-state index in [1.807, 2.05) is 30.3 Å². The monoisotopic (exact) mass is 368 g/mol. The minimum Gasteiger partial charge on any atom is -0.493 e. The Bertz CT molecular complexity index is 655. The van der Waals surface area contributed by atoms with Crippen molar-refractivity contribution in [2.24, 2.45) is 0 Å². The van der Waals surface area contributed by atoms with Crippen LogP contribution in [-0.4, -0.2) is 14.2 Å². The number of benzene rings is 2. The lowest BCUT2D eigenvalue weighted by Gasteiger charge is -2.19. The summed E-state index contributed by atoms with van der Waals surface area (Å²) in [6, 6.07) is 9.92. The molecule has 0 N–H and O–H groups in total. The van der Waals surface area contributed by atoms with Gasteiger partial charge in [0.05, 0.1) is 19.0 Å². The van der Waals surface area contributed by atoms with Gasteiger partial charge in [0.2, 0.25) is 0 Å². The number of rotatable bonds is 4. The van der Waals surface area contributed by atoms with Gasteiger partial charge in [-0.1, -0.05) is 33.6 Å². The molecule has 1 atom stereocenters. The van der Waals surface area contributed by atoms with Gasteiger partial charge < -0.3 is 9.47 Å². The van der Waals surface area contributed by atoms with Gasteiger partial charge in [-0.15, -0.1) is 0 Å². The number of ether oxygens (including phenoxy) is 2. The highest BCUT2D eigenvalue weighted by Crippen LogP contribution is 2.40. The molecule has 0 saturated carbocycles. The average Bonchev–Trinajstić information content (AvgIpc) is 2.48. The van der Waals surface area contributed by atoms with Crippen molar-refractivity contribution in [1.29, 1.82) is 0 Å². The maximum atomic E-state index is 6.13. The van der Waals surface area contributed by atoms with E-state index in [4.69, 9.17) is 21.1 Å². The molecule has 0 aliphatic heterocycles. The van der Waals surface area contributed by atoms with E-state index in [9.17, 15) is 0 Å². The molecule has 21 heavy (non-hydrogen) atoms. The Morgan fingerprint density at radius 1 is 0.905 bits per heavy atom. The van der Waals surface area contributed by atoms with Gasteiger partial charge >= 0.3 is 0 Å². The molecule has 0 saturated heterocycles. The molecule has 0 aromatic heterocycles. The van der Waals surface area contributed by atoms with Crippen LogP contribution in [0.15, 0.2) is 30.3 Å². The third-order valence-electron chi connectivity index (χ3n) is 3.56. The molecular formula is C17H18BrClO2. The van der Waals surface area contributed by atoms with Crippen molar-refractivity contribution in [2.45, 2.75) is 18.7 Å². The molecule has 0 bridgehead atoms. The lowest BCUT2D eigenvalue weighted by molar-refractivity contribution is 0.354. The summed E-state index contributed by atoms with van der Waals surface area (Å²) in [6.45, 7) is 4.14. The molecule has 2 aromatic rings. The summed E-state index contributed by atoms with van der Waals surface area (Å²) in [5, 5.41) is 0.734. The van der Waals surface area contributed by atoms with Crippen molar-refractivity contribution in [2.75, 3.05) is 14.2 Å². The molecule has 0 radical (unpaired) electrons. The van der Waals surface area contributed by atoms with Crippen molar-refractivity contribution >= 4 is 27.5 Å². The standard InChI is InChI=1S/C17H18BrClO2/c1-10-5-6-12(19)8-13(10)17(18)14-9-16(21-4)15(20-3)7-11(14)2/h5-9,17H,1-4H3. The molecule has 2 nitrogen and oxygen atoms in total. The first-order chi connectivity index (χ1) is 9.97. The highest BCUT2D eigenvalue weighted by atomic mass is 79.9. The quantitative estimate of drug-likeness (QED) is 0.666. The van der Waals surface area contributed by atoms with Crippen LogP contribution >= 0.6 is 27.5 Å². The molecule has 0 amide bonds. The molecule has 0 aliphatic carbocycles. The second-order valence-electron chi connectivity index (χ2n) is 4.93. The third kappa shape index (κ3) is 3.35. The van der Waals surface area contributed by atoms with Crippen molar-refractivity contribution < 1.29 is 9.47 Å². The van der Waals surface area contributed by atoms with Gasteiger partial charge in [-0.3, -0.25) is 0 Å². The minimum atomic E-state index is 0.0519. The predicted octanol–water partition coefficient (Wildman–Crippen LogP) is 5.46. The van der Waals surface area contributed by atoms with Gasteiger partial charge in [-0.05, 0) is 60.4 Å². The van der Waals surface area contributed by atoms with Crippen LogP contribution in [0.5, 0.6) is 11.5 Å². The van der Waals surface area contributed by atoms with E-state index in [0.717, 1.165) is 33.2 Å². The summed E-state index contributed by atoms with van der Waals surface area (Å²) in [6.07, 6.45) is 0. The number of hydrogen-bond acceptors (Lipinski definition) is 2. The highest BCUT2D eigenvalue weighted by molar-refractivity contribution is 9.09. The predicted molar refractivity (Wildman–Crippen MR) is 91.2 cm³/mol. The van der Waals surface area contributed by atoms with Crippen LogP contribution in [-0.2, 0) is 0 Å². The summed E-state index contributed by atoms with van der Waals surface area (Å²) >= 11 is 9.91. The maximum absolute atomic E-state index is 6.13. The summed E-state index contributed by atoms with van der Waals surface area (Å²) < 4.78 is 10.7. The van der Waals surface area contributed by atoms with Crippen molar-refractivity contribution in [3.63, 3.8) is 0 Å². The normalized spacial score (nSPS) is 12.1. The van der Waals surface area contributed by atoms with Crippen LogP contribution in [0.1, 0.15) is 27.1 Å². The van der Waals surface area contributed by atoms with Crippen LogP contribution in [0, 0.1) is 13.8 Å². The second kappa shape index (κ2) is 6.71. The van der Waals surface area contributed by atoms with Crippen LogP contribution in [0.3, 0.4) is 0 Å². The molecule has 1 unspecified atom stereocenters. The Labute approximate surface area is 139 Å². The molecule has 0 aliphatic rings. The van der Waals surface area contributed by atoms with Crippen LogP contribution in [0.4, 0.5) is 0 Å². The Balaban J connectivity index is 2.52. The fourth-order valence-electron chi connectivity index (χ4n) is 2.32. The van der Waals surface area contributed by atoms with E-state index < -0.39 is 0 Å². The van der Waals surface area contributed by atoms with Gasteiger partial charge in [0.25, 0.3) is 0 Å². The molecule has 0 spiro atoms. The van der Waals surface area contributed by atoms with E-state index in [1.54, 1.807) is 14.2 Å². The molecule has 0 heterocycles. The SMILES string of the molecule is COc1cc(C)c(C(Br)c2cc(Cl)ccc2C)cc1OC. The number of aryl methyl sites for hydroxylation is 2. The van der Waals surface area contributed by atoms with E-state index in [2.05, 4.69) is 29.8 Å².